The van der Waals surface area contributed by atoms with Crippen LogP contribution < -0.4 is 0 Å². The molecule has 0 spiro atoms. The van der Waals surface area contributed by atoms with Gasteiger partial charge in [0.25, 0.3) is 0 Å². The maximum Gasteiger partial charge on any atom is 0.0927 e. The van der Waals surface area contributed by atoms with Crippen molar-refractivity contribution in [3.8, 4) is 0 Å². The molecule has 2 aromatic carbocycles. The van der Waals surface area contributed by atoms with Gasteiger partial charge in [-0.05, 0) is 23.6 Å². The van der Waals surface area contributed by atoms with Crippen LogP contribution in [-0.2, 0) is 6.42 Å². The molecule has 1 atom stereocenters. The molecule has 0 bridgehead atoms. The van der Waals surface area contributed by atoms with Crippen molar-refractivity contribution in [1.29, 1.82) is 0 Å². The first-order valence-electron chi connectivity index (χ1n) is 7.50. The van der Waals surface area contributed by atoms with Crippen molar-refractivity contribution in [2.75, 3.05) is 19.6 Å². The Morgan fingerprint density at radius 1 is 1.09 bits per heavy atom. The summed E-state index contributed by atoms with van der Waals surface area (Å²) in [4.78, 5) is 2.23. The van der Waals surface area contributed by atoms with Gasteiger partial charge in [-0.15, -0.1) is 6.58 Å². The SMILES string of the molecule is C=CCN(CCc1ccccc1)CC(O)c1ccccc1Br. The van der Waals surface area contributed by atoms with Crippen molar-refractivity contribution in [3.63, 3.8) is 0 Å². The molecule has 0 radical (unpaired) electrons. The highest BCUT2D eigenvalue weighted by Gasteiger charge is 2.14. The molecule has 0 saturated heterocycles. The van der Waals surface area contributed by atoms with Crippen LogP contribution in [0, 0.1) is 0 Å². The van der Waals surface area contributed by atoms with Crippen molar-refractivity contribution < 1.29 is 5.11 Å². The smallest absolute Gasteiger partial charge is 0.0927 e. The predicted octanol–water partition coefficient (Wildman–Crippen LogP) is 4.21. The fraction of sp³-hybridized carbons (Fsp3) is 0.263. The molecular formula is C19H22BrNO. The van der Waals surface area contributed by atoms with Crippen LogP contribution in [-0.4, -0.2) is 29.6 Å². The predicted molar refractivity (Wildman–Crippen MR) is 95.9 cm³/mol. The Kier molecular flexibility index (Phi) is 6.84. The highest BCUT2D eigenvalue weighted by atomic mass is 79.9. The van der Waals surface area contributed by atoms with E-state index in [4.69, 9.17) is 0 Å². The van der Waals surface area contributed by atoms with Gasteiger partial charge in [-0.25, -0.2) is 0 Å². The average molecular weight is 360 g/mol. The molecule has 0 saturated carbocycles. The molecule has 1 N–H and O–H groups in total. The van der Waals surface area contributed by atoms with Gasteiger partial charge in [-0.2, -0.15) is 0 Å². The molecule has 0 fully saturated rings. The first kappa shape index (κ1) is 16.9. The fourth-order valence-electron chi connectivity index (χ4n) is 2.46. The fourth-order valence-corrected chi connectivity index (χ4v) is 3.01. The van der Waals surface area contributed by atoms with Gasteiger partial charge in [0.15, 0.2) is 0 Å². The number of hydrogen-bond acceptors (Lipinski definition) is 2. The number of rotatable bonds is 8. The summed E-state index contributed by atoms with van der Waals surface area (Å²) in [7, 11) is 0. The second kappa shape index (κ2) is 8.89. The lowest BCUT2D eigenvalue weighted by Crippen LogP contribution is -2.31. The van der Waals surface area contributed by atoms with Crippen LogP contribution in [0.25, 0.3) is 0 Å². The summed E-state index contributed by atoms with van der Waals surface area (Å²) in [6.07, 6.45) is 2.35. The second-order valence-corrected chi connectivity index (χ2v) is 6.18. The van der Waals surface area contributed by atoms with Gasteiger partial charge >= 0.3 is 0 Å². The van der Waals surface area contributed by atoms with E-state index in [9.17, 15) is 5.11 Å². The van der Waals surface area contributed by atoms with E-state index in [0.717, 1.165) is 29.5 Å². The Morgan fingerprint density at radius 2 is 1.77 bits per heavy atom. The molecule has 2 nitrogen and oxygen atoms in total. The van der Waals surface area contributed by atoms with E-state index in [1.807, 2.05) is 36.4 Å². The van der Waals surface area contributed by atoms with Gasteiger partial charge in [0.2, 0.25) is 0 Å². The highest BCUT2D eigenvalue weighted by Crippen LogP contribution is 2.23. The van der Waals surface area contributed by atoms with Crippen molar-refractivity contribution in [2.24, 2.45) is 0 Å². The lowest BCUT2D eigenvalue weighted by atomic mass is 10.1. The van der Waals surface area contributed by atoms with E-state index in [2.05, 4.69) is 51.7 Å². The maximum atomic E-state index is 10.5. The molecule has 0 aliphatic rings. The van der Waals surface area contributed by atoms with E-state index in [1.54, 1.807) is 0 Å². The molecule has 0 aromatic heterocycles. The summed E-state index contributed by atoms with van der Waals surface area (Å²) in [6, 6.07) is 18.2. The van der Waals surface area contributed by atoms with E-state index in [1.165, 1.54) is 5.56 Å². The third-order valence-corrected chi connectivity index (χ3v) is 4.36. The largest absolute Gasteiger partial charge is 0.387 e. The summed E-state index contributed by atoms with van der Waals surface area (Å²) < 4.78 is 0.948. The monoisotopic (exact) mass is 359 g/mol. The lowest BCUT2D eigenvalue weighted by molar-refractivity contribution is 0.119. The Labute approximate surface area is 141 Å². The zero-order valence-electron chi connectivity index (χ0n) is 12.7. The summed E-state index contributed by atoms with van der Waals surface area (Å²) in [5.41, 5.74) is 2.24. The average Bonchev–Trinajstić information content (AvgIpc) is 2.54. The van der Waals surface area contributed by atoms with Crippen molar-refractivity contribution >= 4 is 15.9 Å². The minimum absolute atomic E-state index is 0.508. The Bertz CT molecular complexity index is 585. The van der Waals surface area contributed by atoms with Crippen LogP contribution in [0.15, 0.2) is 71.7 Å². The van der Waals surface area contributed by atoms with Crippen LogP contribution in [0.4, 0.5) is 0 Å². The van der Waals surface area contributed by atoms with E-state index < -0.39 is 6.10 Å². The topological polar surface area (TPSA) is 23.5 Å². The minimum Gasteiger partial charge on any atom is -0.387 e. The first-order chi connectivity index (χ1) is 10.7. The molecule has 3 heteroatoms. The van der Waals surface area contributed by atoms with E-state index in [-0.39, 0.29) is 0 Å². The molecule has 1 unspecified atom stereocenters. The quantitative estimate of drug-likeness (QED) is 0.713. The van der Waals surface area contributed by atoms with Crippen molar-refractivity contribution in [1.82, 2.24) is 4.90 Å². The van der Waals surface area contributed by atoms with Crippen LogP contribution in [0.3, 0.4) is 0 Å². The Morgan fingerprint density at radius 3 is 2.45 bits per heavy atom. The van der Waals surface area contributed by atoms with Crippen LogP contribution in [0.1, 0.15) is 17.2 Å². The normalized spacial score (nSPS) is 12.3. The third kappa shape index (κ3) is 5.09. The summed E-state index contributed by atoms with van der Waals surface area (Å²) in [6.45, 7) is 6.09. The van der Waals surface area contributed by atoms with Gasteiger partial charge < -0.3 is 5.11 Å². The third-order valence-electron chi connectivity index (χ3n) is 3.64. The highest BCUT2D eigenvalue weighted by molar-refractivity contribution is 9.10. The van der Waals surface area contributed by atoms with Gasteiger partial charge in [-0.3, -0.25) is 4.90 Å². The summed E-state index contributed by atoms with van der Waals surface area (Å²) >= 11 is 3.50. The molecule has 0 heterocycles. The van der Waals surface area contributed by atoms with Gasteiger partial charge in [0.1, 0.15) is 0 Å². The number of aliphatic hydroxyl groups excluding tert-OH is 1. The minimum atomic E-state index is -0.508. The first-order valence-corrected chi connectivity index (χ1v) is 8.29. The number of nitrogens with zero attached hydrogens (tertiary/aromatic N) is 1. The standard InChI is InChI=1S/C19H22BrNO/c1-2-13-21(14-12-16-8-4-3-5-9-16)15-19(22)17-10-6-7-11-18(17)20/h2-11,19,22H,1,12-15H2. The molecular weight excluding hydrogens is 338 g/mol. The van der Waals surface area contributed by atoms with Gasteiger partial charge in [0, 0.05) is 24.1 Å². The Balaban J connectivity index is 1.96. The number of halogens is 1. The molecule has 2 rings (SSSR count). The molecule has 0 aliphatic heterocycles. The second-order valence-electron chi connectivity index (χ2n) is 5.32. The molecule has 22 heavy (non-hydrogen) atoms. The molecule has 2 aromatic rings. The summed E-state index contributed by atoms with van der Waals surface area (Å²) in [5, 5.41) is 10.5. The lowest BCUT2D eigenvalue weighted by Gasteiger charge is -2.24. The summed E-state index contributed by atoms with van der Waals surface area (Å²) in [5.74, 6) is 0. The Hall–Kier alpha value is -1.42. The molecule has 0 amide bonds. The van der Waals surface area contributed by atoms with Crippen LogP contribution >= 0.6 is 15.9 Å². The van der Waals surface area contributed by atoms with Crippen LogP contribution in [0.2, 0.25) is 0 Å². The zero-order chi connectivity index (χ0) is 15.8. The van der Waals surface area contributed by atoms with Gasteiger partial charge in [-0.1, -0.05) is 70.5 Å². The molecule has 116 valence electrons. The number of benzene rings is 2. The van der Waals surface area contributed by atoms with Crippen molar-refractivity contribution in [3.05, 3.63) is 82.9 Å². The van der Waals surface area contributed by atoms with Gasteiger partial charge in [0.05, 0.1) is 6.10 Å². The van der Waals surface area contributed by atoms with Crippen molar-refractivity contribution in [2.45, 2.75) is 12.5 Å². The number of hydrogen-bond donors (Lipinski definition) is 1. The van der Waals surface area contributed by atoms with E-state index in [0.29, 0.717) is 6.54 Å². The zero-order valence-corrected chi connectivity index (χ0v) is 14.2. The number of aliphatic hydroxyl groups is 1. The van der Waals surface area contributed by atoms with Crippen LogP contribution in [0.5, 0.6) is 0 Å². The maximum absolute atomic E-state index is 10.5. The van der Waals surface area contributed by atoms with E-state index >= 15 is 0 Å². The molecule has 0 aliphatic carbocycles.